The topological polar surface area (TPSA) is 52.6 Å². The van der Waals surface area contributed by atoms with Gasteiger partial charge in [0.15, 0.2) is 0 Å². The lowest BCUT2D eigenvalue weighted by atomic mass is 10.0. The van der Waals surface area contributed by atoms with Gasteiger partial charge >= 0.3 is 5.97 Å². The molecule has 6 heteroatoms. The molecule has 1 aliphatic heterocycles. The number of halogens is 2. The van der Waals surface area contributed by atoms with Crippen LogP contribution in [0, 0.1) is 0 Å². The number of rotatable bonds is 3. The third-order valence-corrected chi connectivity index (χ3v) is 3.91. The van der Waals surface area contributed by atoms with Crippen LogP contribution in [-0.4, -0.2) is 42.2 Å². The molecule has 0 aliphatic carbocycles. The maximum Gasteiger partial charge on any atom is 0.325 e. The van der Waals surface area contributed by atoms with E-state index in [-0.39, 0.29) is 0 Å². The first kappa shape index (κ1) is 14.6. The van der Waals surface area contributed by atoms with Crippen LogP contribution in [0.2, 0.25) is 10.0 Å². The fourth-order valence-electron chi connectivity index (χ4n) is 2.36. The number of nitrogens with one attached hydrogen (secondary N) is 1. The highest BCUT2D eigenvalue weighted by atomic mass is 35.5. The average Bonchev–Trinajstić information content (AvgIpc) is 2.62. The largest absolute Gasteiger partial charge is 0.480 e. The molecule has 1 fully saturated rings. The number of benzene rings is 1. The number of nitrogens with zero attached hydrogens (tertiary/aromatic N) is 1. The molecule has 1 aliphatic rings. The summed E-state index contributed by atoms with van der Waals surface area (Å²) in [5, 5.41) is 13.6. The molecule has 1 aromatic rings. The van der Waals surface area contributed by atoms with Crippen LogP contribution in [0.15, 0.2) is 18.2 Å². The average molecular weight is 303 g/mol. The maximum absolute atomic E-state index is 11.6. The third-order valence-electron chi connectivity index (χ3n) is 3.25. The molecule has 104 valence electrons. The highest BCUT2D eigenvalue weighted by Gasteiger charge is 2.31. The number of hydrogen-bond acceptors (Lipinski definition) is 3. The van der Waals surface area contributed by atoms with Gasteiger partial charge in [-0.2, -0.15) is 0 Å². The number of carboxylic acid groups (broad SMARTS) is 1. The fraction of sp³-hybridized carbons (Fsp3) is 0.462. The van der Waals surface area contributed by atoms with Crippen LogP contribution in [0.3, 0.4) is 0 Å². The molecule has 2 N–H and O–H groups in total. The number of carboxylic acids is 1. The Balaban J connectivity index is 2.36. The Hall–Kier alpha value is -0.810. The molecular weight excluding hydrogens is 287 g/mol. The van der Waals surface area contributed by atoms with E-state index in [9.17, 15) is 9.90 Å². The molecule has 0 bridgehead atoms. The maximum atomic E-state index is 11.6. The van der Waals surface area contributed by atoms with Crippen molar-refractivity contribution in [2.45, 2.75) is 12.5 Å². The molecule has 1 aromatic carbocycles. The van der Waals surface area contributed by atoms with Crippen LogP contribution in [-0.2, 0) is 4.79 Å². The summed E-state index contributed by atoms with van der Waals surface area (Å²) in [5.41, 5.74) is 0.486. The summed E-state index contributed by atoms with van der Waals surface area (Å²) >= 11 is 12.3. The van der Waals surface area contributed by atoms with Gasteiger partial charge in [0.2, 0.25) is 0 Å². The first-order valence-electron chi connectivity index (χ1n) is 6.22. The van der Waals surface area contributed by atoms with E-state index in [2.05, 4.69) is 5.32 Å². The minimum atomic E-state index is -0.920. The molecule has 0 saturated carbocycles. The van der Waals surface area contributed by atoms with Crippen LogP contribution in [0.5, 0.6) is 0 Å². The lowest BCUT2D eigenvalue weighted by molar-refractivity contribution is -0.143. The van der Waals surface area contributed by atoms with Gasteiger partial charge in [-0.1, -0.05) is 29.3 Å². The molecule has 0 radical (unpaired) electrons. The van der Waals surface area contributed by atoms with Crippen LogP contribution in [0.4, 0.5) is 0 Å². The van der Waals surface area contributed by atoms with Gasteiger partial charge in [0.25, 0.3) is 0 Å². The van der Waals surface area contributed by atoms with Crippen LogP contribution in [0.1, 0.15) is 18.0 Å². The Morgan fingerprint density at radius 3 is 2.58 bits per heavy atom. The molecule has 0 aromatic heterocycles. The smallest absolute Gasteiger partial charge is 0.325 e. The normalized spacial score (nSPS) is 18.8. The lowest BCUT2D eigenvalue weighted by Gasteiger charge is -2.28. The molecular formula is C13H16Cl2N2O2. The predicted molar refractivity (Wildman–Crippen MR) is 75.9 cm³/mol. The number of hydrogen-bond donors (Lipinski definition) is 2. The van der Waals surface area contributed by atoms with Crippen LogP contribution < -0.4 is 5.32 Å². The van der Waals surface area contributed by atoms with E-state index >= 15 is 0 Å². The van der Waals surface area contributed by atoms with Crippen LogP contribution in [0.25, 0.3) is 0 Å². The van der Waals surface area contributed by atoms with E-state index in [0.29, 0.717) is 28.7 Å². The van der Waals surface area contributed by atoms with Gasteiger partial charge in [-0.15, -0.1) is 0 Å². The Labute approximate surface area is 122 Å². The summed E-state index contributed by atoms with van der Waals surface area (Å²) in [5.74, 6) is -0.920. The van der Waals surface area contributed by atoms with Crippen molar-refractivity contribution in [3.63, 3.8) is 0 Å². The fourth-order valence-corrected chi connectivity index (χ4v) is 2.96. The Morgan fingerprint density at radius 2 is 1.95 bits per heavy atom. The molecule has 0 amide bonds. The second-order valence-electron chi connectivity index (χ2n) is 4.52. The van der Waals surface area contributed by atoms with Gasteiger partial charge in [-0.05, 0) is 25.1 Å². The first-order chi connectivity index (χ1) is 9.11. The van der Waals surface area contributed by atoms with Gasteiger partial charge in [0.05, 0.1) is 0 Å². The molecule has 4 nitrogen and oxygen atoms in total. The zero-order valence-electron chi connectivity index (χ0n) is 10.4. The Morgan fingerprint density at radius 1 is 1.26 bits per heavy atom. The minimum absolute atomic E-state index is 0.400. The second-order valence-corrected chi connectivity index (χ2v) is 5.33. The zero-order valence-corrected chi connectivity index (χ0v) is 11.9. The summed E-state index contributed by atoms with van der Waals surface area (Å²) in [6, 6.07) is 4.28. The molecule has 1 saturated heterocycles. The highest BCUT2D eigenvalue weighted by Crippen LogP contribution is 2.34. The Kier molecular flexibility index (Phi) is 5.05. The molecule has 0 spiro atoms. The quantitative estimate of drug-likeness (QED) is 0.900. The van der Waals surface area contributed by atoms with E-state index in [4.69, 9.17) is 23.2 Å². The summed E-state index contributed by atoms with van der Waals surface area (Å²) in [4.78, 5) is 13.5. The number of aliphatic carboxylic acids is 1. The van der Waals surface area contributed by atoms with Crippen molar-refractivity contribution in [3.05, 3.63) is 33.8 Å². The van der Waals surface area contributed by atoms with Crippen molar-refractivity contribution in [3.8, 4) is 0 Å². The third kappa shape index (κ3) is 3.39. The van der Waals surface area contributed by atoms with Gasteiger partial charge in [-0.25, -0.2) is 0 Å². The molecule has 19 heavy (non-hydrogen) atoms. The lowest BCUT2D eigenvalue weighted by Crippen LogP contribution is -2.37. The van der Waals surface area contributed by atoms with E-state index in [1.54, 1.807) is 18.2 Å². The minimum Gasteiger partial charge on any atom is -0.480 e. The molecule has 1 atom stereocenters. The zero-order chi connectivity index (χ0) is 13.8. The van der Waals surface area contributed by atoms with Gasteiger partial charge < -0.3 is 10.4 Å². The van der Waals surface area contributed by atoms with Gasteiger partial charge in [0, 0.05) is 35.2 Å². The van der Waals surface area contributed by atoms with Crippen molar-refractivity contribution in [2.75, 3.05) is 26.2 Å². The summed E-state index contributed by atoms with van der Waals surface area (Å²) in [6.45, 7) is 3.05. The van der Waals surface area contributed by atoms with E-state index in [1.165, 1.54) is 0 Å². The Bertz CT molecular complexity index is 440. The molecule has 2 rings (SSSR count). The van der Waals surface area contributed by atoms with E-state index in [0.717, 1.165) is 19.5 Å². The van der Waals surface area contributed by atoms with Gasteiger partial charge in [-0.3, -0.25) is 9.69 Å². The summed E-state index contributed by atoms with van der Waals surface area (Å²) in [7, 11) is 0. The SMILES string of the molecule is O=C(O)C(c1c(Cl)cccc1Cl)N1CCCNCC1. The summed E-state index contributed by atoms with van der Waals surface area (Å²) < 4.78 is 0. The summed E-state index contributed by atoms with van der Waals surface area (Å²) in [6.07, 6.45) is 0.909. The van der Waals surface area contributed by atoms with Crippen molar-refractivity contribution in [1.82, 2.24) is 10.2 Å². The monoisotopic (exact) mass is 302 g/mol. The van der Waals surface area contributed by atoms with Crippen molar-refractivity contribution >= 4 is 29.2 Å². The second kappa shape index (κ2) is 6.57. The molecule has 1 unspecified atom stereocenters. The van der Waals surface area contributed by atoms with Crippen molar-refractivity contribution < 1.29 is 9.90 Å². The molecule has 1 heterocycles. The standard InChI is InChI=1S/C13H16Cl2N2O2/c14-9-3-1-4-10(15)11(9)12(13(18)19)17-7-2-5-16-6-8-17/h1,3-4,12,16H,2,5-8H2,(H,18,19). The first-order valence-corrected chi connectivity index (χ1v) is 6.98. The van der Waals surface area contributed by atoms with Gasteiger partial charge in [0.1, 0.15) is 6.04 Å². The predicted octanol–water partition coefficient (Wildman–Crippen LogP) is 2.41. The van der Waals surface area contributed by atoms with Crippen molar-refractivity contribution in [1.29, 1.82) is 0 Å². The highest BCUT2D eigenvalue weighted by molar-refractivity contribution is 6.36. The number of carbonyl (C=O) groups is 1. The van der Waals surface area contributed by atoms with Crippen molar-refractivity contribution in [2.24, 2.45) is 0 Å². The van der Waals surface area contributed by atoms with Crippen LogP contribution >= 0.6 is 23.2 Å². The van der Waals surface area contributed by atoms with E-state index in [1.807, 2.05) is 4.90 Å². The van der Waals surface area contributed by atoms with E-state index < -0.39 is 12.0 Å².